The molecule has 4 nitrogen and oxygen atoms in total. The fourth-order valence-corrected chi connectivity index (χ4v) is 1.53. The van der Waals surface area contributed by atoms with Gasteiger partial charge in [-0.05, 0) is 12.1 Å². The van der Waals surface area contributed by atoms with Crippen molar-refractivity contribution in [3.63, 3.8) is 0 Å². The summed E-state index contributed by atoms with van der Waals surface area (Å²) < 4.78 is 9.76. The van der Waals surface area contributed by atoms with Crippen molar-refractivity contribution in [1.29, 1.82) is 0 Å². The average Bonchev–Trinajstić information content (AvgIpc) is 2.36. The van der Waals surface area contributed by atoms with E-state index in [-0.39, 0.29) is 5.97 Å². The molecule has 0 N–H and O–H groups in total. The normalized spacial score (nSPS) is 10.1. The summed E-state index contributed by atoms with van der Waals surface area (Å²) in [5, 5.41) is 0.849. The van der Waals surface area contributed by atoms with E-state index in [2.05, 4.69) is 4.98 Å². The summed E-state index contributed by atoms with van der Waals surface area (Å²) in [4.78, 5) is 15.7. The van der Waals surface area contributed by atoms with E-state index in [9.17, 15) is 4.79 Å². The van der Waals surface area contributed by atoms with E-state index in [1.54, 1.807) is 25.4 Å². The van der Waals surface area contributed by atoms with E-state index in [1.807, 2.05) is 12.1 Å². The molecular weight excluding hydrogens is 206 g/mol. The number of carbonyl (C=O) groups is 1. The van der Waals surface area contributed by atoms with Crippen molar-refractivity contribution >= 4 is 16.9 Å². The number of para-hydroxylation sites is 1. The van der Waals surface area contributed by atoms with Crippen LogP contribution in [0.1, 0.15) is 10.4 Å². The molecule has 0 spiro atoms. The van der Waals surface area contributed by atoms with Crippen LogP contribution in [-0.4, -0.2) is 25.2 Å². The highest BCUT2D eigenvalue weighted by atomic mass is 16.5. The predicted octanol–water partition coefficient (Wildman–Crippen LogP) is 2.03. The molecule has 0 saturated carbocycles. The Labute approximate surface area is 92.8 Å². The van der Waals surface area contributed by atoms with Gasteiger partial charge in [-0.15, -0.1) is 0 Å². The fraction of sp³-hybridized carbons (Fsp3) is 0.167. The molecule has 0 bridgehead atoms. The zero-order valence-electron chi connectivity index (χ0n) is 9.06. The minimum Gasteiger partial charge on any atom is -0.495 e. The lowest BCUT2D eigenvalue weighted by Gasteiger charge is -2.05. The first-order valence-electron chi connectivity index (χ1n) is 4.77. The minimum atomic E-state index is -0.386. The Morgan fingerprint density at radius 2 is 2.12 bits per heavy atom. The second-order valence-corrected chi connectivity index (χ2v) is 3.24. The van der Waals surface area contributed by atoms with Crippen LogP contribution >= 0.6 is 0 Å². The molecule has 16 heavy (non-hydrogen) atoms. The highest BCUT2D eigenvalue weighted by Gasteiger charge is 2.11. The lowest BCUT2D eigenvalue weighted by atomic mass is 10.1. The molecule has 0 atom stereocenters. The van der Waals surface area contributed by atoms with Gasteiger partial charge in [-0.25, -0.2) is 4.79 Å². The van der Waals surface area contributed by atoms with Gasteiger partial charge in [0.25, 0.3) is 0 Å². The zero-order chi connectivity index (χ0) is 11.5. The number of benzene rings is 1. The molecule has 0 radical (unpaired) electrons. The summed E-state index contributed by atoms with van der Waals surface area (Å²) in [7, 11) is 2.93. The van der Waals surface area contributed by atoms with Crippen molar-refractivity contribution < 1.29 is 14.3 Å². The predicted molar refractivity (Wildman–Crippen MR) is 59.6 cm³/mol. The van der Waals surface area contributed by atoms with Gasteiger partial charge in [0.1, 0.15) is 5.75 Å². The Morgan fingerprint density at radius 1 is 1.31 bits per heavy atom. The molecule has 4 heteroatoms. The quantitative estimate of drug-likeness (QED) is 0.722. The number of carbonyl (C=O) groups excluding carboxylic acids is 1. The minimum absolute atomic E-state index is 0.386. The summed E-state index contributed by atoms with van der Waals surface area (Å²) in [5.74, 6) is 0.276. The van der Waals surface area contributed by atoms with Crippen molar-refractivity contribution in [2.75, 3.05) is 14.2 Å². The van der Waals surface area contributed by atoms with Gasteiger partial charge in [0.15, 0.2) is 0 Å². The van der Waals surface area contributed by atoms with E-state index in [0.717, 1.165) is 5.39 Å². The van der Waals surface area contributed by atoms with Crippen LogP contribution in [0.2, 0.25) is 0 Å². The fourth-order valence-electron chi connectivity index (χ4n) is 1.53. The van der Waals surface area contributed by atoms with Gasteiger partial charge in [-0.1, -0.05) is 12.1 Å². The second kappa shape index (κ2) is 4.18. The molecule has 0 unspecified atom stereocenters. The van der Waals surface area contributed by atoms with Crippen LogP contribution in [0.25, 0.3) is 10.9 Å². The van der Waals surface area contributed by atoms with Crippen LogP contribution in [0.5, 0.6) is 5.75 Å². The summed E-state index contributed by atoms with van der Waals surface area (Å²) in [5.41, 5.74) is 1.08. The number of ether oxygens (including phenoxy) is 2. The topological polar surface area (TPSA) is 48.4 Å². The number of nitrogens with zero attached hydrogens (tertiary/aromatic N) is 1. The molecule has 0 amide bonds. The van der Waals surface area contributed by atoms with E-state index in [1.165, 1.54) is 7.11 Å². The van der Waals surface area contributed by atoms with Crippen LogP contribution in [0.15, 0.2) is 30.5 Å². The van der Waals surface area contributed by atoms with Crippen molar-refractivity contribution in [2.24, 2.45) is 0 Å². The maximum atomic E-state index is 11.5. The number of aromatic nitrogens is 1. The number of pyridine rings is 1. The smallest absolute Gasteiger partial charge is 0.340 e. The molecule has 1 aromatic carbocycles. The summed E-state index contributed by atoms with van der Waals surface area (Å²) in [6, 6.07) is 7.18. The largest absolute Gasteiger partial charge is 0.495 e. The standard InChI is InChI=1S/C12H11NO3/c1-15-9-6-8-4-3-5-10(12(14)16-2)11(8)13-7-9/h3-7H,1-2H3. The van der Waals surface area contributed by atoms with Gasteiger partial charge in [0.2, 0.25) is 0 Å². The molecule has 82 valence electrons. The van der Waals surface area contributed by atoms with Crippen molar-refractivity contribution in [3.8, 4) is 5.75 Å². The van der Waals surface area contributed by atoms with E-state index < -0.39 is 0 Å². The van der Waals surface area contributed by atoms with E-state index in [4.69, 9.17) is 9.47 Å². The van der Waals surface area contributed by atoms with E-state index >= 15 is 0 Å². The molecule has 2 aromatic rings. The maximum Gasteiger partial charge on any atom is 0.340 e. The second-order valence-electron chi connectivity index (χ2n) is 3.24. The van der Waals surface area contributed by atoms with Crippen molar-refractivity contribution in [3.05, 3.63) is 36.0 Å². The number of methoxy groups -OCH3 is 2. The third-order valence-electron chi connectivity index (χ3n) is 2.33. The molecule has 1 heterocycles. The molecule has 0 fully saturated rings. The molecule has 0 saturated heterocycles. The number of fused-ring (bicyclic) bond motifs is 1. The molecule has 1 aromatic heterocycles. The highest BCUT2D eigenvalue weighted by molar-refractivity contribution is 6.02. The monoisotopic (exact) mass is 217 g/mol. The Kier molecular flexibility index (Phi) is 2.72. The van der Waals surface area contributed by atoms with Crippen LogP contribution in [0.4, 0.5) is 0 Å². The first-order valence-corrected chi connectivity index (χ1v) is 4.77. The summed E-state index contributed by atoms with van der Waals surface area (Å²) in [6.07, 6.45) is 1.58. The van der Waals surface area contributed by atoms with Gasteiger partial charge in [-0.2, -0.15) is 0 Å². The summed E-state index contributed by atoms with van der Waals surface area (Å²) in [6.45, 7) is 0. The Hall–Kier alpha value is -2.10. The van der Waals surface area contributed by atoms with Gasteiger partial charge >= 0.3 is 5.97 Å². The number of esters is 1. The van der Waals surface area contributed by atoms with Gasteiger partial charge < -0.3 is 9.47 Å². The lowest BCUT2D eigenvalue weighted by Crippen LogP contribution is -2.02. The highest BCUT2D eigenvalue weighted by Crippen LogP contribution is 2.21. The van der Waals surface area contributed by atoms with Crippen LogP contribution in [0.3, 0.4) is 0 Å². The lowest BCUT2D eigenvalue weighted by molar-refractivity contribution is 0.0603. The average molecular weight is 217 g/mol. The van der Waals surface area contributed by atoms with E-state index in [0.29, 0.717) is 16.8 Å². The summed E-state index contributed by atoms with van der Waals surface area (Å²) >= 11 is 0. The Morgan fingerprint density at radius 3 is 2.81 bits per heavy atom. The molecule has 0 aliphatic heterocycles. The van der Waals surface area contributed by atoms with Crippen LogP contribution in [-0.2, 0) is 4.74 Å². The van der Waals surface area contributed by atoms with Crippen LogP contribution < -0.4 is 4.74 Å². The van der Waals surface area contributed by atoms with Gasteiger partial charge in [0.05, 0.1) is 31.5 Å². The first-order chi connectivity index (χ1) is 7.76. The molecule has 0 aliphatic carbocycles. The third kappa shape index (κ3) is 1.69. The molecule has 2 rings (SSSR count). The van der Waals surface area contributed by atoms with Crippen LogP contribution in [0, 0.1) is 0 Å². The zero-order valence-corrected chi connectivity index (χ0v) is 9.06. The number of hydrogen-bond donors (Lipinski definition) is 0. The Balaban J connectivity index is 2.65. The van der Waals surface area contributed by atoms with Gasteiger partial charge in [0, 0.05) is 5.39 Å². The van der Waals surface area contributed by atoms with Crippen molar-refractivity contribution in [1.82, 2.24) is 4.98 Å². The molecule has 0 aliphatic rings. The number of rotatable bonds is 2. The maximum absolute atomic E-state index is 11.5. The van der Waals surface area contributed by atoms with Gasteiger partial charge in [-0.3, -0.25) is 4.98 Å². The third-order valence-corrected chi connectivity index (χ3v) is 2.33. The number of hydrogen-bond acceptors (Lipinski definition) is 4. The SMILES string of the molecule is COC(=O)c1cccc2cc(OC)cnc12. The molecular formula is C12H11NO3. The van der Waals surface area contributed by atoms with Crippen molar-refractivity contribution in [2.45, 2.75) is 0 Å². The first kappa shape index (κ1) is 10.4. The Bertz CT molecular complexity index is 537.